The summed E-state index contributed by atoms with van der Waals surface area (Å²) >= 11 is 0. The van der Waals surface area contributed by atoms with Crippen molar-refractivity contribution >= 4 is 5.91 Å². The van der Waals surface area contributed by atoms with Gasteiger partial charge in [-0.2, -0.15) is 0 Å². The molecule has 1 aromatic rings. The van der Waals surface area contributed by atoms with Crippen molar-refractivity contribution in [1.29, 1.82) is 0 Å². The fraction of sp³-hybridized carbons (Fsp3) is 0.571. The maximum atomic E-state index is 13.0. The number of nitrogens with zero attached hydrogens (tertiary/aromatic N) is 2. The molecule has 1 aliphatic carbocycles. The highest BCUT2D eigenvalue weighted by atomic mass is 16.7. The second kappa shape index (κ2) is 4.72. The lowest BCUT2D eigenvalue weighted by Gasteiger charge is -2.46. The quantitative estimate of drug-likeness (QED) is 0.774. The van der Waals surface area contributed by atoms with Gasteiger partial charge in [0.25, 0.3) is 5.91 Å². The first-order valence-corrected chi connectivity index (χ1v) is 7.22. The minimum absolute atomic E-state index is 0.0163. The zero-order valence-corrected chi connectivity index (χ0v) is 12.2. The van der Waals surface area contributed by atoms with E-state index in [1.54, 1.807) is 10.9 Å². The summed E-state index contributed by atoms with van der Waals surface area (Å²) in [4.78, 5) is 26.9. The number of hydrogen-bond donors (Lipinski definition) is 1. The van der Waals surface area contributed by atoms with Crippen LogP contribution in [-0.2, 0) is 9.47 Å². The predicted octanol–water partition coefficient (Wildman–Crippen LogP) is -0.281. The van der Waals surface area contributed by atoms with Gasteiger partial charge in [0.15, 0.2) is 12.5 Å². The zero-order valence-electron chi connectivity index (χ0n) is 12.2. The first-order chi connectivity index (χ1) is 10.7. The van der Waals surface area contributed by atoms with E-state index in [9.17, 15) is 9.59 Å². The summed E-state index contributed by atoms with van der Waals surface area (Å²) in [6.07, 6.45) is 3.15. The van der Waals surface area contributed by atoms with Crippen LogP contribution in [0, 0.1) is 0 Å². The van der Waals surface area contributed by atoms with Gasteiger partial charge >= 0.3 is 0 Å². The van der Waals surface area contributed by atoms with Crippen LogP contribution in [0.1, 0.15) is 23.3 Å². The Kier molecular flexibility index (Phi) is 2.92. The third-order valence-electron chi connectivity index (χ3n) is 4.38. The molecule has 2 fully saturated rings. The molecule has 0 aromatic carbocycles. The number of amides is 1. The summed E-state index contributed by atoms with van der Waals surface area (Å²) in [5.74, 6) is -0.184. The topological polar surface area (TPSA) is 82.0 Å². The van der Waals surface area contributed by atoms with Crippen LogP contribution in [-0.4, -0.2) is 54.3 Å². The molecule has 0 radical (unpaired) electrons. The van der Waals surface area contributed by atoms with Gasteiger partial charge < -0.3 is 24.5 Å². The molecule has 1 aromatic heterocycles. The van der Waals surface area contributed by atoms with E-state index in [-0.39, 0.29) is 41.3 Å². The third-order valence-corrected chi connectivity index (χ3v) is 4.38. The second-order valence-electron chi connectivity index (χ2n) is 5.84. The number of rotatable bonds is 3. The van der Waals surface area contributed by atoms with E-state index in [4.69, 9.17) is 14.2 Å². The van der Waals surface area contributed by atoms with Crippen LogP contribution < -0.4 is 15.6 Å². The molecule has 3 heterocycles. The molecule has 8 nitrogen and oxygen atoms in total. The number of carbonyl (C=O) groups excluding carboxylic acids is 1. The van der Waals surface area contributed by atoms with Crippen LogP contribution in [0.25, 0.3) is 0 Å². The molecule has 2 aliphatic heterocycles. The summed E-state index contributed by atoms with van der Waals surface area (Å²) in [5.41, 5.74) is 2.85. The van der Waals surface area contributed by atoms with E-state index in [0.717, 1.165) is 12.8 Å². The molecule has 0 bridgehead atoms. The van der Waals surface area contributed by atoms with Crippen LogP contribution in [0.5, 0.6) is 5.75 Å². The van der Waals surface area contributed by atoms with Gasteiger partial charge in [0.2, 0.25) is 11.2 Å². The summed E-state index contributed by atoms with van der Waals surface area (Å²) in [6.45, 7) is 0.882. The Morgan fingerprint density at radius 3 is 3.00 bits per heavy atom. The zero-order chi connectivity index (χ0) is 15.3. The van der Waals surface area contributed by atoms with Crippen molar-refractivity contribution in [3.63, 3.8) is 0 Å². The highest BCUT2D eigenvalue weighted by Crippen LogP contribution is 2.46. The molecule has 1 saturated carbocycles. The molecule has 1 spiro atoms. The Labute approximate surface area is 126 Å². The molecular formula is C14H17N3O5. The smallest absolute Gasteiger partial charge is 0.278 e. The number of hydrogen-bond acceptors (Lipinski definition) is 6. The van der Waals surface area contributed by atoms with Gasteiger partial charge in [0, 0.05) is 19.4 Å². The summed E-state index contributed by atoms with van der Waals surface area (Å²) in [6, 6.07) is 1.36. The lowest BCUT2D eigenvalue weighted by molar-refractivity contribution is -0.0468. The minimum Gasteiger partial charge on any atom is -0.461 e. The van der Waals surface area contributed by atoms with E-state index < -0.39 is 0 Å². The molecule has 1 atom stereocenters. The largest absolute Gasteiger partial charge is 0.461 e. The number of aromatic nitrogens is 1. The summed E-state index contributed by atoms with van der Waals surface area (Å²) in [5, 5.41) is 0. The standard InChI is InChI=1S/C14H17N3O5/c1-20-8-22-12-9(18)2-5-16-11(12)13(19)17-10(15-16)6-21-7-14(17)3-4-14/h2,5,10,15H,3-4,6-8H2,1H3. The summed E-state index contributed by atoms with van der Waals surface area (Å²) in [7, 11) is 1.46. The Balaban J connectivity index is 1.80. The number of methoxy groups -OCH3 is 1. The molecule has 118 valence electrons. The minimum atomic E-state index is -0.338. The van der Waals surface area contributed by atoms with E-state index >= 15 is 0 Å². The normalized spacial score (nSPS) is 24.5. The SMILES string of the molecule is COCOc1c2n(ccc1=O)NC1COCC3(CC3)N1C2=O. The monoisotopic (exact) mass is 307 g/mol. The third kappa shape index (κ3) is 1.84. The molecular weight excluding hydrogens is 290 g/mol. The van der Waals surface area contributed by atoms with E-state index in [1.807, 2.05) is 4.90 Å². The fourth-order valence-electron chi connectivity index (χ4n) is 3.17. The molecule has 4 rings (SSSR count). The van der Waals surface area contributed by atoms with Gasteiger partial charge in [0.05, 0.1) is 18.8 Å². The Morgan fingerprint density at radius 1 is 1.45 bits per heavy atom. The number of fused-ring (bicyclic) bond motifs is 3. The predicted molar refractivity (Wildman–Crippen MR) is 75.3 cm³/mol. The van der Waals surface area contributed by atoms with Crippen molar-refractivity contribution in [2.75, 3.05) is 32.5 Å². The van der Waals surface area contributed by atoms with E-state index in [2.05, 4.69) is 5.43 Å². The molecule has 1 saturated heterocycles. The molecule has 1 amide bonds. The molecule has 8 heteroatoms. The molecule has 1 N–H and O–H groups in total. The van der Waals surface area contributed by atoms with Crippen molar-refractivity contribution < 1.29 is 19.0 Å². The molecule has 3 aliphatic rings. The van der Waals surface area contributed by atoms with Crippen molar-refractivity contribution in [3.05, 3.63) is 28.2 Å². The molecule has 22 heavy (non-hydrogen) atoms. The van der Waals surface area contributed by atoms with Crippen LogP contribution in [0.15, 0.2) is 17.1 Å². The Hall–Kier alpha value is -2.06. The average Bonchev–Trinajstić information content (AvgIpc) is 3.26. The van der Waals surface area contributed by atoms with Gasteiger partial charge in [-0.15, -0.1) is 0 Å². The number of morpholine rings is 1. The lowest BCUT2D eigenvalue weighted by atomic mass is 10.1. The number of pyridine rings is 1. The van der Waals surface area contributed by atoms with Gasteiger partial charge in [-0.05, 0) is 12.8 Å². The Bertz CT molecular complexity index is 682. The van der Waals surface area contributed by atoms with Crippen LogP contribution >= 0.6 is 0 Å². The van der Waals surface area contributed by atoms with Crippen molar-refractivity contribution in [3.8, 4) is 5.75 Å². The van der Waals surface area contributed by atoms with Crippen molar-refractivity contribution in [2.24, 2.45) is 0 Å². The first-order valence-electron chi connectivity index (χ1n) is 7.22. The van der Waals surface area contributed by atoms with Crippen molar-refractivity contribution in [1.82, 2.24) is 9.58 Å². The second-order valence-corrected chi connectivity index (χ2v) is 5.84. The summed E-state index contributed by atoms with van der Waals surface area (Å²) < 4.78 is 17.4. The number of carbonyl (C=O) groups is 1. The van der Waals surface area contributed by atoms with Crippen LogP contribution in [0.2, 0.25) is 0 Å². The maximum absolute atomic E-state index is 13.0. The molecule has 1 unspecified atom stereocenters. The Morgan fingerprint density at radius 2 is 2.27 bits per heavy atom. The van der Waals surface area contributed by atoms with Gasteiger partial charge in [-0.1, -0.05) is 0 Å². The average molecular weight is 307 g/mol. The number of nitrogens with one attached hydrogen (secondary N) is 1. The number of ether oxygens (including phenoxy) is 3. The van der Waals surface area contributed by atoms with Gasteiger partial charge in [0.1, 0.15) is 6.17 Å². The highest BCUT2D eigenvalue weighted by molar-refractivity contribution is 5.97. The van der Waals surface area contributed by atoms with Crippen LogP contribution in [0.4, 0.5) is 0 Å². The van der Waals surface area contributed by atoms with Crippen molar-refractivity contribution in [2.45, 2.75) is 24.5 Å². The fourth-order valence-corrected chi connectivity index (χ4v) is 3.17. The highest BCUT2D eigenvalue weighted by Gasteiger charge is 2.57. The van der Waals surface area contributed by atoms with Gasteiger partial charge in [-0.3, -0.25) is 14.3 Å². The van der Waals surface area contributed by atoms with Crippen LogP contribution in [0.3, 0.4) is 0 Å². The van der Waals surface area contributed by atoms with Gasteiger partial charge in [-0.25, -0.2) is 0 Å². The first kappa shape index (κ1) is 13.6. The maximum Gasteiger partial charge on any atom is 0.278 e. The lowest BCUT2D eigenvalue weighted by Crippen LogP contribution is -2.64. The van der Waals surface area contributed by atoms with E-state index in [1.165, 1.54) is 13.2 Å². The van der Waals surface area contributed by atoms with E-state index in [0.29, 0.717) is 13.2 Å².